The molecule has 2 aliphatic heterocycles. The van der Waals surface area contributed by atoms with E-state index in [4.69, 9.17) is 4.74 Å². The van der Waals surface area contributed by atoms with Gasteiger partial charge >= 0.3 is 0 Å². The lowest BCUT2D eigenvalue weighted by molar-refractivity contribution is 0.0745. The highest BCUT2D eigenvalue weighted by atomic mass is 35.5. The monoisotopic (exact) mass is 206 g/mol. The minimum atomic E-state index is 0. The Labute approximate surface area is 86.0 Å². The molecule has 2 heterocycles. The Bertz CT molecular complexity index is 134. The topological polar surface area (TPSA) is 33.3 Å². The first-order chi connectivity index (χ1) is 5.95. The quantitative estimate of drug-likeness (QED) is 0.700. The molecule has 0 aliphatic carbocycles. The predicted octanol–water partition coefficient (Wildman–Crippen LogP) is 0.744. The van der Waals surface area contributed by atoms with Gasteiger partial charge in [0.15, 0.2) is 0 Å². The van der Waals surface area contributed by atoms with Gasteiger partial charge in [-0.2, -0.15) is 0 Å². The second-order valence-electron chi connectivity index (χ2n) is 3.74. The standard InChI is InChI=1S/C9H18N2O.ClH/c1-3-10-4-2-8(1)7-9-11-5-6-12-9;/h8-11H,1-7H2;1H. The Morgan fingerprint density at radius 3 is 2.54 bits per heavy atom. The van der Waals surface area contributed by atoms with Crippen molar-refractivity contribution in [2.45, 2.75) is 25.5 Å². The van der Waals surface area contributed by atoms with E-state index in [1.54, 1.807) is 0 Å². The van der Waals surface area contributed by atoms with Crippen molar-refractivity contribution >= 4 is 12.4 Å². The van der Waals surface area contributed by atoms with Crippen LogP contribution in [0.3, 0.4) is 0 Å². The molecule has 3 nitrogen and oxygen atoms in total. The lowest BCUT2D eigenvalue weighted by atomic mass is 9.94. The van der Waals surface area contributed by atoms with Crippen LogP contribution in [0.1, 0.15) is 19.3 Å². The summed E-state index contributed by atoms with van der Waals surface area (Å²) in [5.41, 5.74) is 0. The Hall–Kier alpha value is 0.170. The van der Waals surface area contributed by atoms with Crippen molar-refractivity contribution in [2.75, 3.05) is 26.2 Å². The summed E-state index contributed by atoms with van der Waals surface area (Å²) in [4.78, 5) is 0. The molecule has 2 N–H and O–H groups in total. The SMILES string of the molecule is C1CC(CC2NCCO2)CCN1.Cl. The van der Waals surface area contributed by atoms with Gasteiger partial charge in [-0.1, -0.05) is 0 Å². The maximum atomic E-state index is 5.52. The van der Waals surface area contributed by atoms with E-state index in [-0.39, 0.29) is 12.4 Å². The molecule has 0 aromatic carbocycles. The van der Waals surface area contributed by atoms with E-state index in [0.717, 1.165) is 19.1 Å². The zero-order valence-electron chi connectivity index (χ0n) is 7.92. The molecule has 0 aromatic rings. The molecule has 4 heteroatoms. The summed E-state index contributed by atoms with van der Waals surface area (Å²) in [6.07, 6.45) is 4.21. The number of nitrogens with one attached hydrogen (secondary N) is 2. The van der Waals surface area contributed by atoms with Crippen LogP contribution in [-0.4, -0.2) is 32.5 Å². The van der Waals surface area contributed by atoms with E-state index in [2.05, 4.69) is 10.6 Å². The van der Waals surface area contributed by atoms with Gasteiger partial charge in [-0.25, -0.2) is 0 Å². The first-order valence-corrected chi connectivity index (χ1v) is 5.01. The molecule has 0 bridgehead atoms. The number of hydrogen-bond acceptors (Lipinski definition) is 3. The maximum Gasteiger partial charge on any atom is 0.108 e. The third-order valence-corrected chi connectivity index (χ3v) is 2.80. The number of hydrogen-bond donors (Lipinski definition) is 2. The summed E-state index contributed by atoms with van der Waals surface area (Å²) in [5, 5.41) is 6.74. The first-order valence-electron chi connectivity index (χ1n) is 5.01. The summed E-state index contributed by atoms with van der Waals surface area (Å²) in [5.74, 6) is 0.877. The molecule has 0 spiro atoms. The molecule has 0 radical (unpaired) electrons. The van der Waals surface area contributed by atoms with Gasteiger partial charge in [0, 0.05) is 6.54 Å². The predicted molar refractivity (Wildman–Crippen MR) is 55.2 cm³/mol. The van der Waals surface area contributed by atoms with Gasteiger partial charge in [-0.15, -0.1) is 12.4 Å². The van der Waals surface area contributed by atoms with Crippen molar-refractivity contribution in [3.8, 4) is 0 Å². The molecular weight excluding hydrogens is 188 g/mol. The van der Waals surface area contributed by atoms with Crippen molar-refractivity contribution in [3.63, 3.8) is 0 Å². The summed E-state index contributed by atoms with van der Waals surface area (Å²) in [6.45, 7) is 4.32. The van der Waals surface area contributed by atoms with Gasteiger partial charge in [-0.3, -0.25) is 5.32 Å². The lowest BCUT2D eigenvalue weighted by Crippen LogP contribution is -2.32. The molecule has 0 aromatic heterocycles. The molecule has 2 fully saturated rings. The van der Waals surface area contributed by atoms with Crippen LogP contribution in [0, 0.1) is 5.92 Å². The van der Waals surface area contributed by atoms with Gasteiger partial charge in [0.25, 0.3) is 0 Å². The summed E-state index contributed by atoms with van der Waals surface area (Å²) in [7, 11) is 0. The van der Waals surface area contributed by atoms with Crippen LogP contribution in [0.2, 0.25) is 0 Å². The maximum absolute atomic E-state index is 5.52. The fraction of sp³-hybridized carbons (Fsp3) is 1.00. The number of halogens is 1. The van der Waals surface area contributed by atoms with Crippen LogP contribution in [0.15, 0.2) is 0 Å². The second kappa shape index (κ2) is 5.81. The molecule has 78 valence electrons. The highest BCUT2D eigenvalue weighted by molar-refractivity contribution is 5.85. The van der Waals surface area contributed by atoms with Gasteiger partial charge in [0.1, 0.15) is 6.23 Å². The summed E-state index contributed by atoms with van der Waals surface area (Å²) in [6, 6.07) is 0. The normalized spacial score (nSPS) is 30.0. The van der Waals surface area contributed by atoms with E-state index in [0.29, 0.717) is 6.23 Å². The fourth-order valence-corrected chi connectivity index (χ4v) is 2.05. The van der Waals surface area contributed by atoms with Gasteiger partial charge in [-0.05, 0) is 38.3 Å². The molecule has 0 saturated carbocycles. The van der Waals surface area contributed by atoms with Crippen molar-refractivity contribution in [3.05, 3.63) is 0 Å². The molecule has 1 unspecified atom stereocenters. The van der Waals surface area contributed by atoms with Crippen LogP contribution in [-0.2, 0) is 4.74 Å². The average Bonchev–Trinajstić information content (AvgIpc) is 2.59. The van der Waals surface area contributed by atoms with E-state index in [9.17, 15) is 0 Å². The van der Waals surface area contributed by atoms with Gasteiger partial charge < -0.3 is 10.1 Å². The van der Waals surface area contributed by atoms with Crippen LogP contribution in [0.4, 0.5) is 0 Å². The zero-order chi connectivity index (χ0) is 8.23. The number of ether oxygens (including phenoxy) is 1. The molecule has 2 aliphatic rings. The smallest absolute Gasteiger partial charge is 0.108 e. The molecule has 1 atom stereocenters. The van der Waals surface area contributed by atoms with Crippen LogP contribution in [0.25, 0.3) is 0 Å². The molecule has 2 rings (SSSR count). The Morgan fingerprint density at radius 1 is 1.15 bits per heavy atom. The van der Waals surface area contributed by atoms with Crippen LogP contribution < -0.4 is 10.6 Å². The van der Waals surface area contributed by atoms with Crippen molar-refractivity contribution < 1.29 is 4.74 Å². The molecule has 13 heavy (non-hydrogen) atoms. The zero-order valence-corrected chi connectivity index (χ0v) is 8.74. The minimum Gasteiger partial charge on any atom is -0.362 e. The third-order valence-electron chi connectivity index (χ3n) is 2.80. The van der Waals surface area contributed by atoms with E-state index in [1.165, 1.54) is 32.4 Å². The Kier molecular flexibility index (Phi) is 5.02. The minimum absolute atomic E-state index is 0. The number of rotatable bonds is 2. The van der Waals surface area contributed by atoms with Crippen molar-refractivity contribution in [1.82, 2.24) is 10.6 Å². The summed E-state index contributed by atoms with van der Waals surface area (Å²) < 4.78 is 5.52. The third kappa shape index (κ3) is 3.43. The first kappa shape index (κ1) is 11.2. The van der Waals surface area contributed by atoms with Gasteiger partial charge in [0.2, 0.25) is 0 Å². The van der Waals surface area contributed by atoms with E-state index < -0.39 is 0 Å². The fourth-order valence-electron chi connectivity index (χ4n) is 2.05. The highest BCUT2D eigenvalue weighted by Crippen LogP contribution is 2.19. The van der Waals surface area contributed by atoms with Crippen LogP contribution in [0.5, 0.6) is 0 Å². The van der Waals surface area contributed by atoms with Gasteiger partial charge in [0.05, 0.1) is 6.61 Å². The largest absolute Gasteiger partial charge is 0.362 e. The average molecular weight is 207 g/mol. The van der Waals surface area contributed by atoms with Crippen molar-refractivity contribution in [2.24, 2.45) is 5.92 Å². The van der Waals surface area contributed by atoms with Crippen LogP contribution >= 0.6 is 12.4 Å². The van der Waals surface area contributed by atoms with E-state index in [1.807, 2.05) is 0 Å². The Balaban J connectivity index is 0.000000845. The Morgan fingerprint density at radius 2 is 1.92 bits per heavy atom. The molecule has 0 amide bonds. The van der Waals surface area contributed by atoms with E-state index >= 15 is 0 Å². The molecular formula is C9H19ClN2O. The number of piperidine rings is 1. The van der Waals surface area contributed by atoms with Crippen molar-refractivity contribution in [1.29, 1.82) is 0 Å². The highest BCUT2D eigenvalue weighted by Gasteiger charge is 2.21. The second-order valence-corrected chi connectivity index (χ2v) is 3.74. The summed E-state index contributed by atoms with van der Waals surface area (Å²) >= 11 is 0. The lowest BCUT2D eigenvalue weighted by Gasteiger charge is -2.24. The molecule has 2 saturated heterocycles.